The summed E-state index contributed by atoms with van der Waals surface area (Å²) < 4.78 is 0. The highest BCUT2D eigenvalue weighted by molar-refractivity contribution is 5.76. The third kappa shape index (κ3) is 6.97. The van der Waals surface area contributed by atoms with E-state index in [2.05, 4.69) is 24.4 Å². The first-order valence-corrected chi connectivity index (χ1v) is 7.16. The first-order chi connectivity index (χ1) is 9.24. The fraction of sp³-hybridized carbons (Fsp3) is 0.562. The summed E-state index contributed by atoms with van der Waals surface area (Å²) in [5, 5.41) is 11.6. The van der Waals surface area contributed by atoms with Crippen LogP contribution in [0, 0.1) is 6.92 Å². The molecule has 0 aliphatic rings. The fourth-order valence-electron chi connectivity index (χ4n) is 2.05. The smallest absolute Gasteiger partial charge is 0.220 e. The Morgan fingerprint density at radius 3 is 2.63 bits per heavy atom. The van der Waals surface area contributed by atoms with Crippen molar-refractivity contribution in [1.29, 1.82) is 0 Å². The van der Waals surface area contributed by atoms with Crippen molar-refractivity contribution in [2.24, 2.45) is 0 Å². The van der Waals surface area contributed by atoms with E-state index in [0.717, 1.165) is 38.6 Å². The Kier molecular flexibility index (Phi) is 7.91. The lowest BCUT2D eigenvalue weighted by Crippen LogP contribution is -2.24. The van der Waals surface area contributed by atoms with Crippen LogP contribution in [0.15, 0.2) is 24.3 Å². The Bertz CT molecular complexity index is 377. The van der Waals surface area contributed by atoms with Gasteiger partial charge in [-0.1, -0.05) is 37.1 Å². The van der Waals surface area contributed by atoms with E-state index < -0.39 is 0 Å². The lowest BCUT2D eigenvalue weighted by Gasteiger charge is -2.07. The van der Waals surface area contributed by atoms with Crippen molar-refractivity contribution in [3.63, 3.8) is 0 Å². The molecule has 0 atom stereocenters. The molecule has 0 aromatic heterocycles. The van der Waals surface area contributed by atoms with Crippen molar-refractivity contribution >= 4 is 5.91 Å². The lowest BCUT2D eigenvalue weighted by molar-refractivity contribution is -0.121. The number of aliphatic hydroxyl groups is 1. The summed E-state index contributed by atoms with van der Waals surface area (Å²) in [7, 11) is 0. The maximum atomic E-state index is 11.7. The zero-order valence-electron chi connectivity index (χ0n) is 11.8. The van der Waals surface area contributed by atoms with E-state index >= 15 is 0 Å². The average molecular weight is 263 g/mol. The fourth-order valence-corrected chi connectivity index (χ4v) is 2.05. The van der Waals surface area contributed by atoms with Gasteiger partial charge in [0.25, 0.3) is 0 Å². The highest BCUT2D eigenvalue weighted by Crippen LogP contribution is 2.09. The molecule has 2 N–H and O–H groups in total. The van der Waals surface area contributed by atoms with E-state index in [4.69, 9.17) is 5.11 Å². The minimum Gasteiger partial charge on any atom is -0.396 e. The standard InChI is InChI=1S/C16H25NO2/c1-14-8-4-5-9-15(14)10-11-16(19)17-12-6-2-3-7-13-18/h4-5,8-9,18H,2-3,6-7,10-13H2,1H3,(H,17,19). The molecule has 3 nitrogen and oxygen atoms in total. The molecular weight excluding hydrogens is 238 g/mol. The van der Waals surface area contributed by atoms with Gasteiger partial charge in [0.15, 0.2) is 0 Å². The normalized spacial score (nSPS) is 10.4. The zero-order chi connectivity index (χ0) is 13.9. The number of amides is 1. The monoisotopic (exact) mass is 263 g/mol. The number of aliphatic hydroxyl groups excluding tert-OH is 1. The molecule has 0 heterocycles. The third-order valence-electron chi connectivity index (χ3n) is 3.29. The highest BCUT2D eigenvalue weighted by Gasteiger charge is 2.03. The molecule has 106 valence electrons. The van der Waals surface area contributed by atoms with Crippen LogP contribution < -0.4 is 5.32 Å². The summed E-state index contributed by atoms with van der Waals surface area (Å²) in [5.74, 6) is 0.130. The molecule has 0 saturated heterocycles. The van der Waals surface area contributed by atoms with Crippen molar-refractivity contribution in [3.8, 4) is 0 Å². The van der Waals surface area contributed by atoms with Gasteiger partial charge in [-0.2, -0.15) is 0 Å². The van der Waals surface area contributed by atoms with E-state index in [1.807, 2.05) is 12.1 Å². The molecule has 1 aromatic carbocycles. The van der Waals surface area contributed by atoms with E-state index in [9.17, 15) is 4.79 Å². The minimum atomic E-state index is 0.130. The number of rotatable bonds is 9. The average Bonchev–Trinajstić information content (AvgIpc) is 2.42. The summed E-state index contributed by atoms with van der Waals surface area (Å²) in [6.45, 7) is 3.09. The van der Waals surface area contributed by atoms with Crippen molar-refractivity contribution in [2.45, 2.75) is 45.4 Å². The van der Waals surface area contributed by atoms with Crippen LogP contribution in [0.3, 0.4) is 0 Å². The molecular formula is C16H25NO2. The summed E-state index contributed by atoms with van der Waals surface area (Å²) in [4.78, 5) is 11.7. The van der Waals surface area contributed by atoms with Crippen molar-refractivity contribution in [1.82, 2.24) is 5.32 Å². The quantitative estimate of drug-likeness (QED) is 0.673. The summed E-state index contributed by atoms with van der Waals surface area (Å²) in [6.07, 6.45) is 5.33. The predicted molar refractivity (Wildman–Crippen MR) is 78.1 cm³/mol. The van der Waals surface area contributed by atoms with E-state index in [0.29, 0.717) is 6.42 Å². The molecule has 0 radical (unpaired) electrons. The largest absolute Gasteiger partial charge is 0.396 e. The Morgan fingerprint density at radius 2 is 1.89 bits per heavy atom. The Labute approximate surface area is 116 Å². The van der Waals surface area contributed by atoms with Gasteiger partial charge in [-0.3, -0.25) is 4.79 Å². The number of nitrogens with one attached hydrogen (secondary N) is 1. The van der Waals surface area contributed by atoms with Gasteiger partial charge in [0, 0.05) is 19.6 Å². The summed E-state index contributed by atoms with van der Waals surface area (Å²) in [6, 6.07) is 8.19. The molecule has 0 aliphatic carbocycles. The van der Waals surface area contributed by atoms with Gasteiger partial charge in [-0.05, 0) is 37.3 Å². The van der Waals surface area contributed by atoms with Crippen LogP contribution in [0.2, 0.25) is 0 Å². The van der Waals surface area contributed by atoms with Crippen molar-refractivity contribution in [3.05, 3.63) is 35.4 Å². The molecule has 0 unspecified atom stereocenters. The number of carbonyl (C=O) groups is 1. The second kappa shape index (κ2) is 9.56. The van der Waals surface area contributed by atoms with Gasteiger partial charge in [0.2, 0.25) is 5.91 Å². The van der Waals surface area contributed by atoms with E-state index in [1.165, 1.54) is 11.1 Å². The topological polar surface area (TPSA) is 49.3 Å². The van der Waals surface area contributed by atoms with Gasteiger partial charge in [0.05, 0.1) is 0 Å². The molecule has 1 amide bonds. The second-order valence-electron chi connectivity index (χ2n) is 4.91. The van der Waals surface area contributed by atoms with Gasteiger partial charge >= 0.3 is 0 Å². The first kappa shape index (κ1) is 15.7. The van der Waals surface area contributed by atoms with Gasteiger partial charge in [0.1, 0.15) is 0 Å². The van der Waals surface area contributed by atoms with Crippen LogP contribution in [-0.2, 0) is 11.2 Å². The predicted octanol–water partition coefficient (Wildman–Crippen LogP) is 2.60. The molecule has 19 heavy (non-hydrogen) atoms. The Hall–Kier alpha value is -1.35. The van der Waals surface area contributed by atoms with E-state index in [1.54, 1.807) is 0 Å². The number of aryl methyl sites for hydroxylation is 2. The summed E-state index contributed by atoms with van der Waals surface area (Å²) in [5.41, 5.74) is 2.50. The van der Waals surface area contributed by atoms with Crippen LogP contribution in [0.1, 0.15) is 43.2 Å². The minimum absolute atomic E-state index is 0.130. The maximum Gasteiger partial charge on any atom is 0.220 e. The number of unbranched alkanes of at least 4 members (excludes halogenated alkanes) is 3. The third-order valence-corrected chi connectivity index (χ3v) is 3.29. The van der Waals surface area contributed by atoms with Crippen molar-refractivity contribution < 1.29 is 9.90 Å². The molecule has 3 heteroatoms. The maximum absolute atomic E-state index is 11.7. The Morgan fingerprint density at radius 1 is 1.16 bits per heavy atom. The van der Waals surface area contributed by atoms with Crippen LogP contribution in [-0.4, -0.2) is 24.2 Å². The van der Waals surface area contributed by atoms with Crippen LogP contribution in [0.4, 0.5) is 0 Å². The number of benzene rings is 1. The number of carbonyl (C=O) groups excluding carboxylic acids is 1. The molecule has 0 saturated carbocycles. The van der Waals surface area contributed by atoms with Crippen LogP contribution >= 0.6 is 0 Å². The van der Waals surface area contributed by atoms with Gasteiger partial charge in [-0.25, -0.2) is 0 Å². The SMILES string of the molecule is Cc1ccccc1CCC(=O)NCCCCCCO. The van der Waals surface area contributed by atoms with Crippen molar-refractivity contribution in [2.75, 3.05) is 13.2 Å². The molecule has 0 spiro atoms. The lowest BCUT2D eigenvalue weighted by atomic mass is 10.0. The molecule has 0 aliphatic heterocycles. The van der Waals surface area contributed by atoms with Crippen LogP contribution in [0.25, 0.3) is 0 Å². The molecule has 0 bridgehead atoms. The highest BCUT2D eigenvalue weighted by atomic mass is 16.2. The summed E-state index contributed by atoms with van der Waals surface area (Å²) >= 11 is 0. The second-order valence-corrected chi connectivity index (χ2v) is 4.91. The Balaban J connectivity index is 2.10. The number of hydrogen-bond donors (Lipinski definition) is 2. The van der Waals surface area contributed by atoms with Gasteiger partial charge < -0.3 is 10.4 Å². The van der Waals surface area contributed by atoms with E-state index in [-0.39, 0.29) is 12.5 Å². The number of hydrogen-bond acceptors (Lipinski definition) is 2. The molecule has 1 aromatic rings. The molecule has 0 fully saturated rings. The first-order valence-electron chi connectivity index (χ1n) is 7.16. The van der Waals surface area contributed by atoms with Crippen LogP contribution in [0.5, 0.6) is 0 Å². The zero-order valence-corrected chi connectivity index (χ0v) is 11.8. The van der Waals surface area contributed by atoms with Gasteiger partial charge in [-0.15, -0.1) is 0 Å². The molecule has 1 rings (SSSR count).